The smallest absolute Gasteiger partial charge is 0.410 e. The summed E-state index contributed by atoms with van der Waals surface area (Å²) in [7, 11) is 0. The number of anilines is 1. The number of nitrogens with one attached hydrogen (secondary N) is 2. The summed E-state index contributed by atoms with van der Waals surface area (Å²) in [4.78, 5) is 25.8. The van der Waals surface area contributed by atoms with Crippen LogP contribution < -0.4 is 11.1 Å². The minimum absolute atomic E-state index is 0.208. The average Bonchev–Trinajstić information content (AvgIpc) is 3.34. The van der Waals surface area contributed by atoms with Crippen LogP contribution in [0.5, 0.6) is 0 Å². The summed E-state index contributed by atoms with van der Waals surface area (Å²) in [6, 6.07) is 8.64. The number of hydrogen-bond donors (Lipinski definition) is 3. The third kappa shape index (κ3) is 7.60. The Balaban J connectivity index is 0.000000196. The number of H-pyrrole nitrogens is 1. The molecule has 1 atom stereocenters. The summed E-state index contributed by atoms with van der Waals surface area (Å²) < 4.78 is 5.32. The highest BCUT2D eigenvalue weighted by molar-refractivity contribution is 6.33. The van der Waals surface area contributed by atoms with Crippen LogP contribution in [0.3, 0.4) is 0 Å². The van der Waals surface area contributed by atoms with Crippen molar-refractivity contribution in [3.63, 3.8) is 0 Å². The number of halogens is 1. The fraction of sp³-hybridized carbons (Fsp3) is 0.552. The van der Waals surface area contributed by atoms with Crippen molar-refractivity contribution in [1.82, 2.24) is 19.9 Å². The Bertz CT molecular complexity index is 1200. The van der Waals surface area contributed by atoms with Gasteiger partial charge in [-0.3, -0.25) is 0 Å². The molecule has 2 aliphatic rings. The van der Waals surface area contributed by atoms with E-state index in [1.54, 1.807) is 11.1 Å². The maximum absolute atomic E-state index is 11.7. The summed E-state index contributed by atoms with van der Waals surface area (Å²) in [6.07, 6.45) is 11.9. The number of likely N-dealkylation sites (tertiary alicyclic amines) is 1. The van der Waals surface area contributed by atoms with Gasteiger partial charge in [0.15, 0.2) is 0 Å². The first-order chi connectivity index (χ1) is 18.2. The molecule has 8 nitrogen and oxygen atoms in total. The number of nitrogens with two attached hydrogens (primary N) is 1. The highest BCUT2D eigenvalue weighted by Crippen LogP contribution is 2.32. The molecule has 4 N–H and O–H groups in total. The zero-order chi connectivity index (χ0) is 27.1. The van der Waals surface area contributed by atoms with E-state index in [2.05, 4.69) is 32.4 Å². The zero-order valence-corrected chi connectivity index (χ0v) is 23.6. The summed E-state index contributed by atoms with van der Waals surface area (Å²) >= 11 is 6.36. The topological polar surface area (TPSA) is 109 Å². The number of carbonyl (C=O) groups excluding carboxylic acids is 1. The number of hydrogen-bond acceptors (Lipinski definition) is 6. The fourth-order valence-electron chi connectivity index (χ4n) is 5.07. The minimum Gasteiger partial charge on any atom is -0.444 e. The van der Waals surface area contributed by atoms with Gasteiger partial charge in [0.2, 0.25) is 5.95 Å². The molecule has 1 saturated carbocycles. The van der Waals surface area contributed by atoms with Gasteiger partial charge in [0.1, 0.15) is 5.60 Å². The first-order valence-corrected chi connectivity index (χ1v) is 14.1. The number of fused-ring (bicyclic) bond motifs is 1. The molecule has 1 saturated heterocycles. The fourth-order valence-corrected chi connectivity index (χ4v) is 5.27. The van der Waals surface area contributed by atoms with Gasteiger partial charge < -0.3 is 25.7 Å². The number of benzene rings is 1. The summed E-state index contributed by atoms with van der Waals surface area (Å²) in [5.41, 5.74) is 8.08. The summed E-state index contributed by atoms with van der Waals surface area (Å²) in [5, 5.41) is 5.16. The summed E-state index contributed by atoms with van der Waals surface area (Å²) in [6.45, 7) is 7.84. The molecule has 3 aromatic rings. The highest BCUT2D eigenvalue weighted by Gasteiger charge is 2.26. The normalized spacial score (nSPS) is 18.6. The monoisotopic (exact) mass is 540 g/mol. The third-order valence-corrected chi connectivity index (χ3v) is 7.31. The SMILES string of the molecule is CC(C)(C)OC(=O)N1CCCC(CN)C1.Clc1cnc(NC2CCCCC2)nc1-c1c[nH]c2ccccc12. The molecule has 1 amide bonds. The molecular weight excluding hydrogens is 500 g/mol. The van der Waals surface area contributed by atoms with E-state index in [4.69, 9.17) is 22.1 Å². The van der Waals surface area contributed by atoms with Crippen LogP contribution in [0.25, 0.3) is 22.2 Å². The number of para-hydroxylation sites is 1. The standard InChI is InChI=1S/C18H19ClN4.C11H22N2O2/c19-15-11-21-18(22-12-6-2-1-3-7-12)23-17(15)14-10-20-16-9-5-4-8-13(14)16;1-11(2,3)15-10(14)13-6-4-5-9(7-12)8-13/h4-5,8-12,20H,1-3,6-7H2,(H,21,22,23);9H,4-8,12H2,1-3H3. The molecule has 1 aromatic carbocycles. The maximum atomic E-state index is 11.7. The van der Waals surface area contributed by atoms with Gasteiger partial charge in [-0.1, -0.05) is 49.1 Å². The van der Waals surface area contributed by atoms with Crippen molar-refractivity contribution < 1.29 is 9.53 Å². The molecule has 206 valence electrons. The Labute approximate surface area is 230 Å². The van der Waals surface area contributed by atoms with E-state index in [-0.39, 0.29) is 6.09 Å². The van der Waals surface area contributed by atoms with E-state index < -0.39 is 5.60 Å². The second-order valence-electron chi connectivity index (χ2n) is 11.3. The van der Waals surface area contributed by atoms with Crippen LogP contribution in [0, 0.1) is 5.92 Å². The molecule has 2 aromatic heterocycles. The van der Waals surface area contributed by atoms with E-state index in [0.717, 1.165) is 48.1 Å². The van der Waals surface area contributed by atoms with Crippen molar-refractivity contribution in [2.75, 3.05) is 25.0 Å². The predicted molar refractivity (Wildman–Crippen MR) is 154 cm³/mol. The van der Waals surface area contributed by atoms with Crippen molar-refractivity contribution >= 4 is 34.5 Å². The number of piperidine rings is 1. The number of carbonyl (C=O) groups is 1. The van der Waals surface area contributed by atoms with Crippen molar-refractivity contribution in [1.29, 1.82) is 0 Å². The number of amides is 1. The molecule has 0 bridgehead atoms. The average molecular weight is 541 g/mol. The molecule has 1 aliphatic carbocycles. The highest BCUT2D eigenvalue weighted by atomic mass is 35.5. The lowest BCUT2D eigenvalue weighted by molar-refractivity contribution is 0.0170. The minimum atomic E-state index is -0.410. The third-order valence-electron chi connectivity index (χ3n) is 7.03. The summed E-state index contributed by atoms with van der Waals surface area (Å²) in [5.74, 6) is 1.10. The number of ether oxygens (including phenoxy) is 1. The van der Waals surface area contributed by atoms with Crippen LogP contribution in [0.1, 0.15) is 65.7 Å². The van der Waals surface area contributed by atoms with Crippen molar-refractivity contribution in [2.45, 2.75) is 77.4 Å². The van der Waals surface area contributed by atoms with E-state index >= 15 is 0 Å². The van der Waals surface area contributed by atoms with E-state index in [9.17, 15) is 4.79 Å². The predicted octanol–water partition coefficient (Wildman–Crippen LogP) is 6.62. The first kappa shape index (κ1) is 28.2. The molecule has 1 unspecified atom stereocenters. The lowest BCUT2D eigenvalue weighted by Gasteiger charge is -2.33. The number of rotatable bonds is 4. The van der Waals surface area contributed by atoms with Gasteiger partial charge in [-0.2, -0.15) is 0 Å². The lowest BCUT2D eigenvalue weighted by atomic mass is 9.96. The Kier molecular flexibility index (Phi) is 9.49. The van der Waals surface area contributed by atoms with Crippen molar-refractivity contribution in [3.05, 3.63) is 41.7 Å². The van der Waals surface area contributed by atoms with Gasteiger partial charge in [-0.25, -0.2) is 14.8 Å². The number of aromatic nitrogens is 3. The van der Waals surface area contributed by atoms with Gasteiger partial charge in [-0.15, -0.1) is 0 Å². The van der Waals surface area contributed by atoms with Gasteiger partial charge in [-0.05, 0) is 65.0 Å². The number of nitrogens with zero attached hydrogens (tertiary/aromatic N) is 3. The molecular formula is C29H41ClN6O2. The van der Waals surface area contributed by atoms with Crippen molar-refractivity contribution in [3.8, 4) is 11.3 Å². The van der Waals surface area contributed by atoms with Crippen LogP contribution in [0.2, 0.25) is 5.02 Å². The molecule has 1 aliphatic heterocycles. The Hall–Kier alpha value is -2.84. The quantitative estimate of drug-likeness (QED) is 0.343. The number of aromatic amines is 1. The maximum Gasteiger partial charge on any atom is 0.410 e. The van der Waals surface area contributed by atoms with Gasteiger partial charge in [0.05, 0.1) is 16.9 Å². The molecule has 5 rings (SSSR count). The van der Waals surface area contributed by atoms with Crippen LogP contribution in [-0.4, -0.2) is 57.2 Å². The largest absolute Gasteiger partial charge is 0.444 e. The van der Waals surface area contributed by atoms with Crippen LogP contribution in [-0.2, 0) is 4.74 Å². The lowest BCUT2D eigenvalue weighted by Crippen LogP contribution is -2.44. The van der Waals surface area contributed by atoms with Gasteiger partial charge >= 0.3 is 6.09 Å². The van der Waals surface area contributed by atoms with Crippen LogP contribution in [0.4, 0.5) is 10.7 Å². The van der Waals surface area contributed by atoms with Crippen LogP contribution in [0.15, 0.2) is 36.7 Å². The van der Waals surface area contributed by atoms with Gasteiger partial charge in [0, 0.05) is 41.8 Å². The van der Waals surface area contributed by atoms with E-state index in [1.165, 1.54) is 32.1 Å². The van der Waals surface area contributed by atoms with Crippen LogP contribution >= 0.6 is 11.6 Å². The van der Waals surface area contributed by atoms with E-state index in [0.29, 0.717) is 29.5 Å². The van der Waals surface area contributed by atoms with Gasteiger partial charge in [0.25, 0.3) is 0 Å². The second kappa shape index (κ2) is 12.8. The molecule has 38 heavy (non-hydrogen) atoms. The molecule has 0 radical (unpaired) electrons. The second-order valence-corrected chi connectivity index (χ2v) is 11.7. The zero-order valence-electron chi connectivity index (χ0n) is 22.8. The van der Waals surface area contributed by atoms with E-state index in [1.807, 2.05) is 39.1 Å². The Morgan fingerprint density at radius 1 is 1.18 bits per heavy atom. The molecule has 0 spiro atoms. The Morgan fingerprint density at radius 3 is 2.68 bits per heavy atom. The Morgan fingerprint density at radius 2 is 1.95 bits per heavy atom. The molecule has 3 heterocycles. The molecule has 9 heteroatoms. The molecule has 2 fully saturated rings. The van der Waals surface area contributed by atoms with Crippen molar-refractivity contribution in [2.24, 2.45) is 11.7 Å². The first-order valence-electron chi connectivity index (χ1n) is 13.8.